The van der Waals surface area contributed by atoms with Gasteiger partial charge in [0.05, 0.1) is 0 Å². The van der Waals surface area contributed by atoms with Crippen LogP contribution in [0.1, 0.15) is 27.8 Å². The van der Waals surface area contributed by atoms with E-state index in [0.29, 0.717) is 11.1 Å². The lowest BCUT2D eigenvalue weighted by atomic mass is 9.68. The largest absolute Gasteiger partial charge is 0.406 e. The van der Waals surface area contributed by atoms with Crippen LogP contribution in [0, 0.1) is 13.8 Å². The lowest BCUT2D eigenvalue weighted by molar-refractivity contribution is -0.166. The molecule has 0 aliphatic carbocycles. The van der Waals surface area contributed by atoms with Gasteiger partial charge in [-0.3, -0.25) is 0 Å². The minimum absolute atomic E-state index is 0.0979. The fourth-order valence-corrected chi connectivity index (χ4v) is 8.67. The summed E-state index contributed by atoms with van der Waals surface area (Å²) in [6.45, 7) is 3.61. The Balaban J connectivity index is 1.47. The van der Waals surface area contributed by atoms with E-state index in [2.05, 4.69) is 0 Å². The molecule has 7 aromatic rings. The van der Waals surface area contributed by atoms with Crippen LogP contribution in [0.5, 0.6) is 11.5 Å². The van der Waals surface area contributed by atoms with E-state index < -0.39 is 31.8 Å². The number of hydrogen-bond acceptors (Lipinski definition) is 6. The zero-order chi connectivity index (χ0) is 40.4. The molecule has 0 radical (unpaired) electrons. The summed E-state index contributed by atoms with van der Waals surface area (Å²) in [5, 5.41) is 0. The van der Waals surface area contributed by atoms with E-state index in [9.17, 15) is 16.8 Å². The third kappa shape index (κ3) is 7.81. The van der Waals surface area contributed by atoms with Crippen molar-refractivity contribution in [1.82, 2.24) is 0 Å². The number of alkyl halides is 3. The Hall–Kier alpha value is -6.17. The Morgan fingerprint density at radius 1 is 0.421 bits per heavy atom. The lowest BCUT2D eigenvalue weighted by Crippen LogP contribution is -2.44. The number of rotatable bonds is 11. The molecule has 0 unspecified atom stereocenters. The van der Waals surface area contributed by atoms with E-state index >= 15 is 13.2 Å². The number of benzene rings is 7. The first-order chi connectivity index (χ1) is 27.2. The van der Waals surface area contributed by atoms with E-state index in [0.717, 1.165) is 11.1 Å². The second-order valence-electron chi connectivity index (χ2n) is 13.5. The van der Waals surface area contributed by atoms with Gasteiger partial charge in [0.2, 0.25) is 0 Å². The van der Waals surface area contributed by atoms with Crippen LogP contribution >= 0.6 is 0 Å². The molecule has 7 rings (SSSR count). The summed E-state index contributed by atoms with van der Waals surface area (Å²) < 4.78 is 115. The first-order valence-corrected chi connectivity index (χ1v) is 20.6. The molecule has 0 fully saturated rings. The zero-order valence-corrected chi connectivity index (χ0v) is 32.3. The van der Waals surface area contributed by atoms with Gasteiger partial charge >= 0.3 is 26.4 Å². The van der Waals surface area contributed by atoms with Gasteiger partial charge in [-0.1, -0.05) is 139 Å². The van der Waals surface area contributed by atoms with E-state index in [4.69, 9.17) is 8.37 Å². The van der Waals surface area contributed by atoms with Gasteiger partial charge in [0.25, 0.3) is 0 Å². The minimum atomic E-state index is -5.02. The van der Waals surface area contributed by atoms with Crippen LogP contribution in [0.25, 0.3) is 22.3 Å². The summed E-state index contributed by atoms with van der Waals surface area (Å²) in [6, 6.07) is 43.7. The average Bonchev–Trinajstić information content (AvgIpc) is 3.20. The van der Waals surface area contributed by atoms with Gasteiger partial charge in [-0.25, -0.2) is 0 Å². The molecule has 6 nitrogen and oxygen atoms in total. The van der Waals surface area contributed by atoms with Gasteiger partial charge in [0, 0.05) is 11.1 Å². The first kappa shape index (κ1) is 39.1. The molecule has 0 saturated heterocycles. The highest BCUT2D eigenvalue weighted by Crippen LogP contribution is 2.54. The summed E-state index contributed by atoms with van der Waals surface area (Å²) in [4.78, 5) is -0.240. The molecule has 0 amide bonds. The van der Waals surface area contributed by atoms with Gasteiger partial charge in [-0.15, -0.1) is 0 Å². The van der Waals surface area contributed by atoms with Gasteiger partial charge < -0.3 is 8.37 Å². The molecule has 0 spiro atoms. The maximum absolute atomic E-state index is 16.5. The standard InChI is InChI=1S/C46H35F3O6S2/c1-32-18-24-39(25-19-32)56(50,51)54-43-28-22-37(30-41(43)34-12-6-3-7-13-34)45(46(47,48)49,36-16-10-5-11-17-36)38-23-29-44(42(31-38)35-14-8-4-9-15-35)55-57(52,53)40-26-20-33(2)21-27-40/h3-31H,1-2H3. The number of hydrogen-bond donors (Lipinski definition) is 0. The third-order valence-corrected chi connectivity index (χ3v) is 12.1. The summed E-state index contributed by atoms with van der Waals surface area (Å²) >= 11 is 0. The molecule has 0 bridgehead atoms. The van der Waals surface area contributed by atoms with Crippen molar-refractivity contribution in [3.8, 4) is 33.8 Å². The quantitative estimate of drug-likeness (QED) is 0.0956. The molecule has 0 aliphatic heterocycles. The van der Waals surface area contributed by atoms with Crippen LogP contribution in [-0.2, 0) is 25.7 Å². The second-order valence-corrected chi connectivity index (χ2v) is 16.6. The minimum Gasteiger partial charge on any atom is -0.378 e. The predicted octanol–water partition coefficient (Wildman–Crippen LogP) is 11.1. The van der Waals surface area contributed by atoms with Gasteiger partial charge in [-0.2, -0.15) is 30.0 Å². The molecule has 0 heterocycles. The maximum Gasteiger partial charge on any atom is 0.406 e. The van der Waals surface area contributed by atoms with Crippen molar-refractivity contribution >= 4 is 20.2 Å². The molecule has 57 heavy (non-hydrogen) atoms. The van der Waals surface area contributed by atoms with Crippen molar-refractivity contribution in [2.75, 3.05) is 0 Å². The zero-order valence-electron chi connectivity index (χ0n) is 30.6. The second kappa shape index (κ2) is 15.4. The van der Waals surface area contributed by atoms with Crippen LogP contribution in [0.4, 0.5) is 13.2 Å². The normalized spacial score (nSPS) is 12.2. The van der Waals surface area contributed by atoms with Gasteiger partial charge in [0.1, 0.15) is 15.2 Å². The third-order valence-electron chi connectivity index (χ3n) is 9.65. The Kier molecular flexibility index (Phi) is 10.6. The molecule has 7 aromatic carbocycles. The first-order valence-electron chi connectivity index (χ1n) is 17.7. The topological polar surface area (TPSA) is 86.7 Å². The molecule has 288 valence electrons. The molecule has 0 aliphatic rings. The van der Waals surface area contributed by atoms with E-state index in [1.165, 1.54) is 84.9 Å². The Bertz CT molecular complexity index is 2570. The van der Waals surface area contributed by atoms with Crippen LogP contribution in [0.2, 0.25) is 0 Å². The van der Waals surface area contributed by atoms with Crippen LogP contribution in [0.3, 0.4) is 0 Å². The Morgan fingerprint density at radius 3 is 1.12 bits per heavy atom. The van der Waals surface area contributed by atoms with Crippen LogP contribution in [-0.4, -0.2) is 23.0 Å². The fourth-order valence-electron chi connectivity index (χ4n) is 6.78. The Labute approximate surface area is 330 Å². The van der Waals surface area contributed by atoms with Crippen molar-refractivity contribution in [3.63, 3.8) is 0 Å². The highest BCUT2D eigenvalue weighted by Gasteiger charge is 2.58. The van der Waals surface area contributed by atoms with Crippen molar-refractivity contribution < 1.29 is 38.4 Å². The smallest absolute Gasteiger partial charge is 0.378 e. The Morgan fingerprint density at radius 2 is 0.772 bits per heavy atom. The maximum atomic E-state index is 16.5. The molecule has 0 atom stereocenters. The SMILES string of the molecule is Cc1ccc(S(=O)(=O)Oc2ccc(C(c3ccccc3)(c3ccc(OS(=O)(=O)c4ccc(C)cc4)c(-c4ccccc4)c3)C(F)(F)F)cc2-c2ccccc2)cc1. The highest BCUT2D eigenvalue weighted by molar-refractivity contribution is 7.87. The molecular formula is C46H35F3O6S2. The molecule has 11 heteroatoms. The summed E-state index contributed by atoms with van der Waals surface area (Å²) in [7, 11) is -8.81. The van der Waals surface area contributed by atoms with Gasteiger partial charge in [0.15, 0.2) is 11.5 Å². The van der Waals surface area contributed by atoms with Crippen LogP contribution < -0.4 is 8.37 Å². The molecular weight excluding hydrogens is 770 g/mol. The van der Waals surface area contributed by atoms with Crippen molar-refractivity contribution in [2.45, 2.75) is 35.2 Å². The van der Waals surface area contributed by atoms with Gasteiger partial charge in [-0.05, 0) is 90.2 Å². The van der Waals surface area contributed by atoms with E-state index in [-0.39, 0.29) is 49.1 Å². The average molecular weight is 805 g/mol. The van der Waals surface area contributed by atoms with Crippen molar-refractivity contribution in [1.29, 1.82) is 0 Å². The predicted molar refractivity (Wildman–Crippen MR) is 214 cm³/mol. The molecule has 0 saturated carbocycles. The number of aryl methyl sites for hydroxylation is 2. The summed E-state index contributed by atoms with van der Waals surface area (Å²) in [5.41, 5.74) is -0.852. The van der Waals surface area contributed by atoms with Crippen molar-refractivity contribution in [3.05, 3.63) is 204 Å². The fraction of sp³-hybridized carbons (Fsp3) is 0.0870. The van der Waals surface area contributed by atoms with Crippen molar-refractivity contribution in [2.24, 2.45) is 0 Å². The molecule has 0 N–H and O–H groups in total. The monoisotopic (exact) mass is 804 g/mol. The van der Waals surface area contributed by atoms with E-state index in [1.807, 2.05) is 0 Å². The highest BCUT2D eigenvalue weighted by atomic mass is 32.2. The lowest BCUT2D eigenvalue weighted by Gasteiger charge is -2.38. The molecule has 0 aromatic heterocycles. The van der Waals surface area contributed by atoms with E-state index in [1.54, 1.807) is 105 Å². The summed E-state index contributed by atoms with van der Waals surface area (Å²) in [6.07, 6.45) is -5.02. The van der Waals surface area contributed by atoms with Crippen LogP contribution in [0.15, 0.2) is 186 Å². The number of halogens is 3. The summed E-state index contributed by atoms with van der Waals surface area (Å²) in [5.74, 6) is -0.352.